The van der Waals surface area contributed by atoms with Crippen molar-refractivity contribution in [3.63, 3.8) is 0 Å². The van der Waals surface area contributed by atoms with Crippen LogP contribution in [-0.4, -0.2) is 21.6 Å². The van der Waals surface area contributed by atoms with Gasteiger partial charge in [0.15, 0.2) is 5.82 Å². The number of hydrogen-bond acceptors (Lipinski definition) is 4. The quantitative estimate of drug-likeness (QED) is 0.681. The first-order valence-electron chi connectivity index (χ1n) is 4.67. The highest BCUT2D eigenvalue weighted by Gasteiger charge is 2.12. The van der Waals surface area contributed by atoms with Crippen molar-refractivity contribution in [1.82, 2.24) is 14.5 Å². The maximum absolute atomic E-state index is 4.52. The highest BCUT2D eigenvalue weighted by Crippen LogP contribution is 2.31. The van der Waals surface area contributed by atoms with Crippen LogP contribution in [0.15, 0.2) is 17.8 Å². The third-order valence-electron chi connectivity index (χ3n) is 2.49. The van der Waals surface area contributed by atoms with Gasteiger partial charge in [0.05, 0.1) is 22.1 Å². The molecule has 15 heavy (non-hydrogen) atoms. The maximum atomic E-state index is 4.52. The van der Waals surface area contributed by atoms with E-state index in [-0.39, 0.29) is 0 Å². The average Bonchev–Trinajstić information content (AvgIpc) is 2.83. The number of anilines is 1. The Morgan fingerprint density at radius 1 is 1.47 bits per heavy atom. The summed E-state index contributed by atoms with van der Waals surface area (Å²) in [7, 11) is 3.88. The lowest BCUT2D eigenvalue weighted by molar-refractivity contribution is 0.951. The van der Waals surface area contributed by atoms with Crippen LogP contribution in [0.3, 0.4) is 0 Å². The van der Waals surface area contributed by atoms with Gasteiger partial charge >= 0.3 is 0 Å². The van der Waals surface area contributed by atoms with Crippen LogP contribution in [0.1, 0.15) is 0 Å². The molecule has 5 heteroatoms. The van der Waals surface area contributed by atoms with E-state index < -0.39 is 0 Å². The molecule has 0 aliphatic heterocycles. The summed E-state index contributed by atoms with van der Waals surface area (Å²) >= 11 is 1.70. The minimum atomic E-state index is 0.844. The second kappa shape index (κ2) is 2.93. The monoisotopic (exact) mass is 218 g/mol. The third-order valence-corrected chi connectivity index (χ3v) is 3.40. The molecule has 0 atom stereocenters. The fourth-order valence-corrected chi connectivity index (χ4v) is 2.71. The highest BCUT2D eigenvalue weighted by atomic mass is 32.1. The summed E-state index contributed by atoms with van der Waals surface area (Å²) in [5.41, 5.74) is 3.12. The Balaban J connectivity index is 2.61. The Hall–Kier alpha value is -1.62. The van der Waals surface area contributed by atoms with Gasteiger partial charge in [0.25, 0.3) is 0 Å². The average molecular weight is 218 g/mol. The van der Waals surface area contributed by atoms with Crippen molar-refractivity contribution in [1.29, 1.82) is 0 Å². The minimum Gasteiger partial charge on any atom is -0.371 e. The number of aromatic nitrogens is 3. The zero-order valence-electron chi connectivity index (χ0n) is 8.48. The number of nitrogens with zero attached hydrogens (tertiary/aromatic N) is 3. The number of nitrogens with one attached hydrogen (secondary N) is 1. The summed E-state index contributed by atoms with van der Waals surface area (Å²) in [6.07, 6.45) is 1.83. The number of pyridine rings is 1. The van der Waals surface area contributed by atoms with Gasteiger partial charge in [-0.3, -0.25) is 0 Å². The minimum absolute atomic E-state index is 0.844. The fourth-order valence-electron chi connectivity index (χ4n) is 1.79. The van der Waals surface area contributed by atoms with E-state index in [0.717, 1.165) is 22.4 Å². The zero-order chi connectivity index (χ0) is 10.4. The van der Waals surface area contributed by atoms with Gasteiger partial charge in [-0.1, -0.05) is 0 Å². The van der Waals surface area contributed by atoms with Crippen molar-refractivity contribution in [2.75, 3.05) is 12.4 Å². The van der Waals surface area contributed by atoms with Crippen LogP contribution >= 0.6 is 11.3 Å². The molecule has 3 heterocycles. The Morgan fingerprint density at radius 3 is 3.13 bits per heavy atom. The molecule has 0 bridgehead atoms. The molecule has 0 aliphatic rings. The molecular formula is C10H10N4S. The maximum Gasteiger partial charge on any atom is 0.154 e. The molecule has 4 nitrogen and oxygen atoms in total. The summed E-state index contributed by atoms with van der Waals surface area (Å²) in [6.45, 7) is 0. The molecule has 0 unspecified atom stereocenters. The molecule has 0 fully saturated rings. The first kappa shape index (κ1) is 8.67. The van der Waals surface area contributed by atoms with Gasteiger partial charge in [0.2, 0.25) is 0 Å². The van der Waals surface area contributed by atoms with Gasteiger partial charge in [0, 0.05) is 14.1 Å². The summed E-state index contributed by atoms with van der Waals surface area (Å²) in [5.74, 6) is 0.844. The van der Waals surface area contributed by atoms with Gasteiger partial charge in [-0.2, -0.15) is 0 Å². The van der Waals surface area contributed by atoms with Crippen LogP contribution in [0, 0.1) is 0 Å². The predicted octanol–water partition coefficient (Wildman–Crippen LogP) is 2.22. The van der Waals surface area contributed by atoms with Crippen LogP contribution in [0.5, 0.6) is 0 Å². The molecule has 76 valence electrons. The molecule has 0 saturated heterocycles. The van der Waals surface area contributed by atoms with E-state index in [9.17, 15) is 0 Å². The van der Waals surface area contributed by atoms with E-state index in [2.05, 4.69) is 20.7 Å². The number of fused-ring (bicyclic) bond motifs is 3. The van der Waals surface area contributed by atoms with Crippen LogP contribution in [0.25, 0.3) is 21.3 Å². The molecule has 0 radical (unpaired) electrons. The molecule has 3 rings (SSSR count). The van der Waals surface area contributed by atoms with Crippen LogP contribution < -0.4 is 5.32 Å². The second-order valence-electron chi connectivity index (χ2n) is 3.40. The van der Waals surface area contributed by atoms with Crippen LogP contribution in [0.4, 0.5) is 5.82 Å². The van der Waals surface area contributed by atoms with Crippen molar-refractivity contribution in [3.8, 4) is 0 Å². The van der Waals surface area contributed by atoms with E-state index in [1.165, 1.54) is 4.70 Å². The Bertz CT molecular complexity index is 637. The van der Waals surface area contributed by atoms with Crippen molar-refractivity contribution in [2.24, 2.45) is 7.05 Å². The topological polar surface area (TPSA) is 42.7 Å². The number of imidazole rings is 1. The van der Waals surface area contributed by atoms with Crippen molar-refractivity contribution < 1.29 is 0 Å². The molecule has 3 aromatic heterocycles. The fraction of sp³-hybridized carbons (Fsp3) is 0.200. The summed E-state index contributed by atoms with van der Waals surface area (Å²) in [6, 6.07) is 2.04. The molecule has 0 spiro atoms. The normalized spacial score (nSPS) is 11.3. The predicted molar refractivity (Wildman–Crippen MR) is 63.4 cm³/mol. The van der Waals surface area contributed by atoms with Crippen LogP contribution in [-0.2, 0) is 7.05 Å². The van der Waals surface area contributed by atoms with E-state index in [1.54, 1.807) is 11.3 Å². The second-order valence-corrected chi connectivity index (χ2v) is 4.31. The van der Waals surface area contributed by atoms with Gasteiger partial charge in [-0.05, 0) is 11.4 Å². The van der Waals surface area contributed by atoms with Crippen LogP contribution in [0.2, 0.25) is 0 Å². The number of thiophene rings is 1. The smallest absolute Gasteiger partial charge is 0.154 e. The first-order chi connectivity index (χ1) is 7.31. The van der Waals surface area contributed by atoms with Crippen molar-refractivity contribution in [2.45, 2.75) is 0 Å². The third kappa shape index (κ3) is 1.07. The van der Waals surface area contributed by atoms with E-state index >= 15 is 0 Å². The Morgan fingerprint density at radius 2 is 2.33 bits per heavy atom. The van der Waals surface area contributed by atoms with Gasteiger partial charge < -0.3 is 9.88 Å². The Kier molecular flexibility index (Phi) is 1.70. The SMILES string of the molecule is CNc1nc2ccsc2c2c1ncn2C. The highest BCUT2D eigenvalue weighted by molar-refractivity contribution is 7.18. The van der Waals surface area contributed by atoms with Gasteiger partial charge in [-0.15, -0.1) is 11.3 Å². The first-order valence-corrected chi connectivity index (χ1v) is 5.55. The van der Waals surface area contributed by atoms with Gasteiger partial charge in [0.1, 0.15) is 5.52 Å². The summed E-state index contributed by atoms with van der Waals surface area (Å²) in [4.78, 5) is 8.88. The summed E-state index contributed by atoms with van der Waals surface area (Å²) < 4.78 is 3.24. The molecule has 0 aliphatic carbocycles. The molecule has 0 aromatic carbocycles. The van der Waals surface area contributed by atoms with Gasteiger partial charge in [-0.25, -0.2) is 9.97 Å². The number of aryl methyl sites for hydroxylation is 1. The molecular weight excluding hydrogens is 208 g/mol. The lowest BCUT2D eigenvalue weighted by Crippen LogP contribution is -1.94. The standard InChI is InChI=1S/C10H10N4S/c1-11-10-7-8(14(2)5-12-7)9-6(13-10)3-4-15-9/h3-5H,1-2H3,(H,11,13). The van der Waals surface area contributed by atoms with E-state index in [4.69, 9.17) is 0 Å². The number of rotatable bonds is 1. The van der Waals surface area contributed by atoms with Crippen molar-refractivity contribution in [3.05, 3.63) is 17.8 Å². The molecule has 0 amide bonds. The molecule has 1 N–H and O–H groups in total. The van der Waals surface area contributed by atoms with E-state index in [0.29, 0.717) is 0 Å². The summed E-state index contributed by atoms with van der Waals surface area (Å²) in [5, 5.41) is 5.14. The largest absolute Gasteiger partial charge is 0.371 e. The lowest BCUT2D eigenvalue weighted by atomic mass is 10.3. The van der Waals surface area contributed by atoms with Crippen molar-refractivity contribution >= 4 is 38.4 Å². The number of hydrogen-bond donors (Lipinski definition) is 1. The lowest BCUT2D eigenvalue weighted by Gasteiger charge is -2.02. The molecule has 3 aromatic rings. The molecule has 0 saturated carbocycles. The zero-order valence-corrected chi connectivity index (χ0v) is 9.30. The van der Waals surface area contributed by atoms with E-state index in [1.807, 2.05) is 31.1 Å². The Labute approximate surface area is 90.6 Å².